The van der Waals surface area contributed by atoms with Crippen molar-refractivity contribution in [2.75, 3.05) is 18.6 Å². The lowest BCUT2D eigenvalue weighted by atomic mass is 10.1. The number of halogens is 1. The number of methoxy groups -OCH3 is 1. The number of nitro groups is 1. The number of nitrogens with zero attached hydrogens (tertiary/aromatic N) is 2. The van der Waals surface area contributed by atoms with Crippen molar-refractivity contribution in [1.29, 1.82) is 0 Å². The second-order valence-corrected chi connectivity index (χ2v) is 5.87. The van der Waals surface area contributed by atoms with E-state index in [1.165, 1.54) is 13.2 Å². The smallest absolute Gasteiger partial charge is 0.313 e. The number of hydrogen-bond donors (Lipinski definition) is 1. The molecule has 1 aromatic rings. The summed E-state index contributed by atoms with van der Waals surface area (Å²) in [6.07, 6.45) is 3.37. The molecule has 124 valence electrons. The van der Waals surface area contributed by atoms with Gasteiger partial charge in [-0.3, -0.25) is 14.9 Å². The number of amides is 1. The number of anilines is 1. The van der Waals surface area contributed by atoms with Crippen LogP contribution in [0.15, 0.2) is 12.1 Å². The molecule has 2 aliphatic rings. The van der Waals surface area contributed by atoms with E-state index in [9.17, 15) is 19.3 Å². The zero-order valence-corrected chi connectivity index (χ0v) is 12.8. The average Bonchev–Trinajstić information content (AvgIpc) is 3.19. The van der Waals surface area contributed by atoms with E-state index in [1.54, 1.807) is 4.90 Å². The third-order valence-corrected chi connectivity index (χ3v) is 4.23. The highest BCUT2D eigenvalue weighted by Gasteiger charge is 2.36. The van der Waals surface area contributed by atoms with E-state index < -0.39 is 22.5 Å². The van der Waals surface area contributed by atoms with Crippen molar-refractivity contribution in [3.05, 3.63) is 28.1 Å². The first kappa shape index (κ1) is 15.5. The highest BCUT2D eigenvalue weighted by atomic mass is 19.1. The molecule has 0 unspecified atom stereocenters. The maximum absolute atomic E-state index is 14.4. The van der Waals surface area contributed by atoms with Gasteiger partial charge < -0.3 is 15.0 Å². The number of benzene rings is 1. The molecular formula is C15H18FN3O4. The number of ether oxygens (including phenoxy) is 1. The van der Waals surface area contributed by atoms with E-state index in [0.29, 0.717) is 13.0 Å². The molecule has 1 N–H and O–H groups in total. The van der Waals surface area contributed by atoms with Gasteiger partial charge in [0.1, 0.15) is 6.04 Å². The van der Waals surface area contributed by atoms with Crippen molar-refractivity contribution >= 4 is 17.3 Å². The number of nitrogens with one attached hydrogen (secondary N) is 1. The highest BCUT2D eigenvalue weighted by molar-refractivity contribution is 5.86. The minimum absolute atomic E-state index is 0.0142. The Kier molecular flexibility index (Phi) is 4.06. The van der Waals surface area contributed by atoms with Crippen LogP contribution in [0, 0.1) is 15.9 Å². The standard InChI is InChI=1S/C15H18FN3O4/c1-23-14-8-12(10(16)7-13(14)19(21)22)18-6-2-3-11(18)15(20)17-9-4-5-9/h7-9,11H,2-6H2,1H3,(H,17,20)/t11-/m1/s1. The van der Waals surface area contributed by atoms with Gasteiger partial charge in [-0.25, -0.2) is 4.39 Å². The summed E-state index contributed by atoms with van der Waals surface area (Å²) in [5, 5.41) is 13.9. The fraction of sp³-hybridized carbons (Fsp3) is 0.533. The van der Waals surface area contributed by atoms with Crippen LogP contribution in [0.25, 0.3) is 0 Å². The van der Waals surface area contributed by atoms with E-state index in [2.05, 4.69) is 5.32 Å². The fourth-order valence-corrected chi connectivity index (χ4v) is 2.91. The van der Waals surface area contributed by atoms with E-state index in [1.807, 2.05) is 0 Å². The summed E-state index contributed by atoms with van der Waals surface area (Å²) in [5.41, 5.74) is -0.257. The van der Waals surface area contributed by atoms with E-state index >= 15 is 0 Å². The zero-order valence-electron chi connectivity index (χ0n) is 12.8. The normalized spacial score (nSPS) is 20.4. The molecule has 2 fully saturated rings. The molecule has 1 aliphatic carbocycles. The van der Waals surface area contributed by atoms with Gasteiger partial charge in [-0.2, -0.15) is 0 Å². The Morgan fingerprint density at radius 2 is 2.17 bits per heavy atom. The minimum Gasteiger partial charge on any atom is -0.490 e. The van der Waals surface area contributed by atoms with Crippen LogP contribution < -0.4 is 15.0 Å². The summed E-state index contributed by atoms with van der Waals surface area (Å²) in [5.74, 6) is -0.843. The van der Waals surface area contributed by atoms with Crippen LogP contribution in [0.2, 0.25) is 0 Å². The molecule has 1 aliphatic heterocycles. The Balaban J connectivity index is 1.89. The SMILES string of the molecule is COc1cc(N2CCC[C@@H]2C(=O)NC2CC2)c(F)cc1[N+](=O)[O-]. The van der Waals surface area contributed by atoms with Gasteiger partial charge in [-0.15, -0.1) is 0 Å². The fourth-order valence-electron chi connectivity index (χ4n) is 2.91. The Morgan fingerprint density at radius 3 is 2.78 bits per heavy atom. The van der Waals surface area contributed by atoms with Crippen LogP contribution in [0.3, 0.4) is 0 Å². The predicted octanol–water partition coefficient (Wildman–Crippen LogP) is 1.99. The molecule has 7 nitrogen and oxygen atoms in total. The van der Waals surface area contributed by atoms with E-state index in [-0.39, 0.29) is 23.4 Å². The molecule has 8 heteroatoms. The van der Waals surface area contributed by atoms with Crippen LogP contribution in [0.4, 0.5) is 15.8 Å². The maximum atomic E-state index is 14.4. The van der Waals surface area contributed by atoms with Gasteiger partial charge in [-0.1, -0.05) is 0 Å². The Hall–Kier alpha value is -2.38. The van der Waals surface area contributed by atoms with Gasteiger partial charge in [0, 0.05) is 18.7 Å². The second-order valence-electron chi connectivity index (χ2n) is 5.87. The van der Waals surface area contributed by atoms with Gasteiger partial charge in [-0.05, 0) is 25.7 Å². The largest absolute Gasteiger partial charge is 0.490 e. The number of hydrogen-bond acceptors (Lipinski definition) is 5. The summed E-state index contributed by atoms with van der Waals surface area (Å²) in [6.45, 7) is 0.528. The van der Waals surface area contributed by atoms with Crippen LogP contribution in [-0.4, -0.2) is 36.6 Å². The van der Waals surface area contributed by atoms with Crippen molar-refractivity contribution in [2.24, 2.45) is 0 Å². The maximum Gasteiger partial charge on any atom is 0.313 e. The Bertz CT molecular complexity index is 648. The summed E-state index contributed by atoms with van der Waals surface area (Å²) in [4.78, 5) is 24.2. The minimum atomic E-state index is -0.719. The lowest BCUT2D eigenvalue weighted by Gasteiger charge is -2.26. The van der Waals surface area contributed by atoms with Gasteiger partial charge in [0.2, 0.25) is 5.91 Å². The molecule has 23 heavy (non-hydrogen) atoms. The molecule has 1 amide bonds. The summed E-state index contributed by atoms with van der Waals surface area (Å²) >= 11 is 0. The molecule has 1 saturated carbocycles. The lowest BCUT2D eigenvalue weighted by Crippen LogP contribution is -2.44. The summed E-state index contributed by atoms with van der Waals surface area (Å²) < 4.78 is 19.4. The van der Waals surface area contributed by atoms with Crippen LogP contribution in [0.5, 0.6) is 5.75 Å². The van der Waals surface area contributed by atoms with Gasteiger partial charge >= 0.3 is 5.69 Å². The molecule has 0 radical (unpaired) electrons. The summed E-state index contributed by atoms with van der Waals surface area (Å²) in [7, 11) is 1.30. The molecule has 1 atom stereocenters. The molecule has 0 spiro atoms. The molecule has 1 aromatic carbocycles. The first-order valence-electron chi connectivity index (χ1n) is 7.60. The quantitative estimate of drug-likeness (QED) is 0.662. The molecule has 0 bridgehead atoms. The van der Waals surface area contributed by atoms with Gasteiger partial charge in [0.05, 0.1) is 23.8 Å². The first-order valence-corrected chi connectivity index (χ1v) is 7.60. The monoisotopic (exact) mass is 323 g/mol. The van der Waals surface area contributed by atoms with Crippen LogP contribution in [-0.2, 0) is 4.79 Å². The van der Waals surface area contributed by atoms with Crippen molar-refractivity contribution < 1.29 is 18.8 Å². The van der Waals surface area contributed by atoms with Crippen molar-refractivity contribution in [2.45, 2.75) is 37.8 Å². The predicted molar refractivity (Wildman–Crippen MR) is 81.1 cm³/mol. The second kappa shape index (κ2) is 6.02. The molecule has 3 rings (SSSR count). The van der Waals surface area contributed by atoms with Crippen molar-refractivity contribution in [3.8, 4) is 5.75 Å². The Morgan fingerprint density at radius 1 is 1.43 bits per heavy atom. The van der Waals surface area contributed by atoms with Gasteiger partial charge in [0.15, 0.2) is 11.6 Å². The molecule has 1 heterocycles. The van der Waals surface area contributed by atoms with E-state index in [4.69, 9.17) is 4.74 Å². The van der Waals surface area contributed by atoms with Crippen LogP contribution >= 0.6 is 0 Å². The number of carbonyl (C=O) groups is 1. The van der Waals surface area contributed by atoms with E-state index in [0.717, 1.165) is 25.3 Å². The topological polar surface area (TPSA) is 84.7 Å². The number of nitro benzene ring substituents is 1. The number of rotatable bonds is 5. The van der Waals surface area contributed by atoms with Crippen LogP contribution in [0.1, 0.15) is 25.7 Å². The zero-order chi connectivity index (χ0) is 16.6. The number of carbonyl (C=O) groups excluding carboxylic acids is 1. The lowest BCUT2D eigenvalue weighted by molar-refractivity contribution is -0.385. The first-order chi connectivity index (χ1) is 11.0. The third-order valence-electron chi connectivity index (χ3n) is 4.23. The Labute approximate surface area is 132 Å². The highest BCUT2D eigenvalue weighted by Crippen LogP contribution is 2.37. The van der Waals surface area contributed by atoms with Gasteiger partial charge in [0.25, 0.3) is 0 Å². The summed E-state index contributed by atoms with van der Waals surface area (Å²) in [6, 6.07) is 1.94. The average molecular weight is 323 g/mol. The molecular weight excluding hydrogens is 305 g/mol. The molecule has 1 saturated heterocycles. The van der Waals surface area contributed by atoms with Crippen molar-refractivity contribution in [3.63, 3.8) is 0 Å². The van der Waals surface area contributed by atoms with Crippen molar-refractivity contribution in [1.82, 2.24) is 5.32 Å². The third kappa shape index (κ3) is 3.06. The molecule has 0 aromatic heterocycles.